The van der Waals surface area contributed by atoms with Gasteiger partial charge in [-0.25, -0.2) is 0 Å². The summed E-state index contributed by atoms with van der Waals surface area (Å²) in [6.07, 6.45) is 2.83. The van der Waals surface area contributed by atoms with Crippen molar-refractivity contribution in [2.45, 2.75) is 19.8 Å². The highest BCUT2D eigenvalue weighted by Gasteiger charge is 2.11. The minimum Gasteiger partial charge on any atom is -0.316 e. The molecule has 0 saturated carbocycles. The molecule has 0 spiro atoms. The molecule has 0 aromatic rings. The molecule has 1 aliphatic heterocycles. The standard InChI is InChI=1S/C8H17NS/c1-2-10-7-8-4-3-5-9-6-8/h8-9H,2-7H2,1H3/t8-/m0/s1. The number of thioether (sulfide) groups is 1. The molecule has 0 aliphatic carbocycles. The van der Waals surface area contributed by atoms with Gasteiger partial charge in [0.1, 0.15) is 0 Å². The van der Waals surface area contributed by atoms with E-state index in [-0.39, 0.29) is 0 Å². The largest absolute Gasteiger partial charge is 0.316 e. The lowest BCUT2D eigenvalue weighted by Gasteiger charge is -2.21. The fourth-order valence-electron chi connectivity index (χ4n) is 1.35. The van der Waals surface area contributed by atoms with Gasteiger partial charge in [-0.2, -0.15) is 11.8 Å². The van der Waals surface area contributed by atoms with E-state index < -0.39 is 0 Å². The van der Waals surface area contributed by atoms with Crippen LogP contribution >= 0.6 is 11.8 Å². The Bertz CT molecular complexity index is 79.3. The second-order valence-electron chi connectivity index (χ2n) is 2.87. The predicted molar refractivity (Wildman–Crippen MR) is 48.6 cm³/mol. The van der Waals surface area contributed by atoms with Crippen molar-refractivity contribution < 1.29 is 0 Å². The maximum Gasteiger partial charge on any atom is -0.00126 e. The maximum absolute atomic E-state index is 3.43. The molecule has 0 aromatic carbocycles. The van der Waals surface area contributed by atoms with Gasteiger partial charge in [0.05, 0.1) is 0 Å². The zero-order valence-corrected chi connectivity index (χ0v) is 7.54. The summed E-state index contributed by atoms with van der Waals surface area (Å²) < 4.78 is 0. The number of nitrogens with one attached hydrogen (secondary N) is 1. The van der Waals surface area contributed by atoms with Crippen molar-refractivity contribution in [3.63, 3.8) is 0 Å². The average molecular weight is 159 g/mol. The van der Waals surface area contributed by atoms with Crippen LogP contribution in [0.2, 0.25) is 0 Å². The van der Waals surface area contributed by atoms with Crippen LogP contribution < -0.4 is 5.32 Å². The van der Waals surface area contributed by atoms with Crippen LogP contribution in [-0.4, -0.2) is 24.6 Å². The molecule has 1 heterocycles. The fraction of sp³-hybridized carbons (Fsp3) is 1.00. The van der Waals surface area contributed by atoms with E-state index in [1.807, 2.05) is 0 Å². The van der Waals surface area contributed by atoms with E-state index in [1.165, 1.54) is 37.4 Å². The van der Waals surface area contributed by atoms with E-state index in [9.17, 15) is 0 Å². The summed E-state index contributed by atoms with van der Waals surface area (Å²) in [5.41, 5.74) is 0. The first-order chi connectivity index (χ1) is 4.93. The van der Waals surface area contributed by atoms with Gasteiger partial charge >= 0.3 is 0 Å². The van der Waals surface area contributed by atoms with Crippen molar-refractivity contribution in [1.82, 2.24) is 5.32 Å². The third kappa shape index (κ3) is 2.93. The van der Waals surface area contributed by atoms with E-state index in [4.69, 9.17) is 0 Å². The molecule has 1 fully saturated rings. The first-order valence-electron chi connectivity index (χ1n) is 4.22. The van der Waals surface area contributed by atoms with Gasteiger partial charge in [-0.15, -0.1) is 0 Å². The molecule has 0 aromatic heterocycles. The molecule has 1 saturated heterocycles. The number of hydrogen-bond acceptors (Lipinski definition) is 2. The minimum atomic E-state index is 0.957. The topological polar surface area (TPSA) is 12.0 Å². The van der Waals surface area contributed by atoms with Crippen molar-refractivity contribution in [3.05, 3.63) is 0 Å². The molecule has 0 amide bonds. The molecule has 1 nitrogen and oxygen atoms in total. The Kier molecular flexibility index (Phi) is 4.23. The molecule has 1 rings (SSSR count). The van der Waals surface area contributed by atoms with Crippen LogP contribution in [0, 0.1) is 5.92 Å². The lowest BCUT2D eigenvalue weighted by Crippen LogP contribution is -2.30. The van der Waals surface area contributed by atoms with Gasteiger partial charge in [-0.05, 0) is 43.4 Å². The molecule has 0 bridgehead atoms. The summed E-state index contributed by atoms with van der Waals surface area (Å²) in [6, 6.07) is 0. The zero-order valence-electron chi connectivity index (χ0n) is 6.73. The van der Waals surface area contributed by atoms with Crippen LogP contribution in [0.3, 0.4) is 0 Å². The number of rotatable bonds is 3. The zero-order chi connectivity index (χ0) is 7.23. The monoisotopic (exact) mass is 159 g/mol. The van der Waals surface area contributed by atoms with Gasteiger partial charge in [0.2, 0.25) is 0 Å². The molecule has 2 heteroatoms. The van der Waals surface area contributed by atoms with Gasteiger partial charge in [0.25, 0.3) is 0 Å². The maximum atomic E-state index is 3.43. The lowest BCUT2D eigenvalue weighted by molar-refractivity contribution is 0.410. The van der Waals surface area contributed by atoms with Crippen molar-refractivity contribution in [2.24, 2.45) is 5.92 Å². The molecule has 60 valence electrons. The third-order valence-electron chi connectivity index (χ3n) is 1.96. The summed E-state index contributed by atoms with van der Waals surface area (Å²) in [5, 5.41) is 3.43. The molecule has 1 N–H and O–H groups in total. The van der Waals surface area contributed by atoms with E-state index in [0.29, 0.717) is 0 Å². The minimum absolute atomic E-state index is 0.957. The van der Waals surface area contributed by atoms with Crippen LogP contribution in [0.4, 0.5) is 0 Å². The van der Waals surface area contributed by atoms with E-state index in [1.54, 1.807) is 0 Å². The summed E-state index contributed by atoms with van der Waals surface area (Å²) in [4.78, 5) is 0. The molecule has 0 radical (unpaired) electrons. The average Bonchev–Trinajstić information content (AvgIpc) is 2.03. The third-order valence-corrected chi connectivity index (χ3v) is 3.07. The SMILES string of the molecule is CCSC[C@H]1CCCNC1. The Morgan fingerprint density at radius 2 is 2.50 bits per heavy atom. The summed E-state index contributed by atoms with van der Waals surface area (Å²) in [6.45, 7) is 4.74. The summed E-state index contributed by atoms with van der Waals surface area (Å²) >= 11 is 2.07. The number of piperidine rings is 1. The highest BCUT2D eigenvalue weighted by atomic mass is 32.2. The molecular formula is C8H17NS. The van der Waals surface area contributed by atoms with Crippen LogP contribution in [-0.2, 0) is 0 Å². The molecule has 1 aliphatic rings. The van der Waals surface area contributed by atoms with Crippen LogP contribution in [0.25, 0.3) is 0 Å². The van der Waals surface area contributed by atoms with Gasteiger partial charge in [-0.1, -0.05) is 6.92 Å². The number of hydrogen-bond donors (Lipinski definition) is 1. The quantitative estimate of drug-likeness (QED) is 0.673. The van der Waals surface area contributed by atoms with Gasteiger partial charge < -0.3 is 5.32 Å². The Labute approximate surface area is 68.0 Å². The van der Waals surface area contributed by atoms with Crippen molar-refractivity contribution in [1.29, 1.82) is 0 Å². The first-order valence-corrected chi connectivity index (χ1v) is 5.37. The second kappa shape index (κ2) is 5.03. The van der Waals surface area contributed by atoms with Gasteiger partial charge in [0.15, 0.2) is 0 Å². The highest BCUT2D eigenvalue weighted by Crippen LogP contribution is 2.15. The highest BCUT2D eigenvalue weighted by molar-refractivity contribution is 7.99. The summed E-state index contributed by atoms with van der Waals surface area (Å²) in [5.74, 6) is 3.60. The Balaban J connectivity index is 2.02. The predicted octanol–water partition coefficient (Wildman–Crippen LogP) is 1.74. The Morgan fingerprint density at radius 1 is 1.60 bits per heavy atom. The van der Waals surface area contributed by atoms with E-state index in [2.05, 4.69) is 24.0 Å². The van der Waals surface area contributed by atoms with Crippen molar-refractivity contribution in [3.8, 4) is 0 Å². The lowest BCUT2D eigenvalue weighted by atomic mass is 10.0. The van der Waals surface area contributed by atoms with Crippen LogP contribution in [0.5, 0.6) is 0 Å². The Hall–Kier alpha value is 0.310. The van der Waals surface area contributed by atoms with Gasteiger partial charge in [0, 0.05) is 0 Å². The fourth-order valence-corrected chi connectivity index (χ4v) is 2.20. The van der Waals surface area contributed by atoms with E-state index in [0.717, 1.165) is 5.92 Å². The van der Waals surface area contributed by atoms with Crippen LogP contribution in [0.15, 0.2) is 0 Å². The van der Waals surface area contributed by atoms with E-state index >= 15 is 0 Å². The summed E-state index contributed by atoms with van der Waals surface area (Å²) in [7, 11) is 0. The Morgan fingerprint density at radius 3 is 3.10 bits per heavy atom. The van der Waals surface area contributed by atoms with Gasteiger partial charge in [-0.3, -0.25) is 0 Å². The molecule has 1 atom stereocenters. The van der Waals surface area contributed by atoms with Crippen molar-refractivity contribution in [2.75, 3.05) is 24.6 Å². The first kappa shape index (κ1) is 8.41. The van der Waals surface area contributed by atoms with Crippen LogP contribution in [0.1, 0.15) is 19.8 Å². The second-order valence-corrected chi connectivity index (χ2v) is 4.19. The molecule has 10 heavy (non-hydrogen) atoms. The smallest absolute Gasteiger partial charge is 0.00126 e. The molecular weight excluding hydrogens is 142 g/mol. The van der Waals surface area contributed by atoms with Crippen molar-refractivity contribution >= 4 is 11.8 Å². The normalized spacial score (nSPS) is 26.7. The molecule has 0 unspecified atom stereocenters.